The Labute approximate surface area is 125 Å². The Kier molecular flexibility index (Phi) is 8.43. The molecule has 1 unspecified atom stereocenters. The molecule has 114 valence electrons. The van der Waals surface area contributed by atoms with E-state index < -0.39 is 0 Å². The standard InChI is InChI=1S/C16H33NOS/c1-4-9-16(14-19,10-5-2)13-17(6-3)12-15-8-7-11-18-15/h15,19H,4-14H2,1-3H3. The number of nitrogens with zero attached hydrogens (tertiary/aromatic N) is 1. The number of hydrogen-bond donors (Lipinski definition) is 1. The third-order valence-corrected chi connectivity index (χ3v) is 5.06. The molecule has 3 heteroatoms. The lowest BCUT2D eigenvalue weighted by Gasteiger charge is -2.38. The lowest BCUT2D eigenvalue weighted by molar-refractivity contribution is 0.0558. The van der Waals surface area contributed by atoms with Crippen LogP contribution in [0.2, 0.25) is 0 Å². The lowest BCUT2D eigenvalue weighted by atomic mass is 9.80. The highest BCUT2D eigenvalue weighted by Crippen LogP contribution is 2.32. The highest BCUT2D eigenvalue weighted by Gasteiger charge is 2.30. The summed E-state index contributed by atoms with van der Waals surface area (Å²) in [7, 11) is 0. The summed E-state index contributed by atoms with van der Waals surface area (Å²) in [4.78, 5) is 2.59. The van der Waals surface area contributed by atoms with Crippen LogP contribution in [0.25, 0.3) is 0 Å². The summed E-state index contributed by atoms with van der Waals surface area (Å²) in [6, 6.07) is 0. The minimum absolute atomic E-state index is 0.404. The van der Waals surface area contributed by atoms with Crippen molar-refractivity contribution >= 4 is 12.6 Å². The molecule has 1 rings (SSSR count). The van der Waals surface area contributed by atoms with E-state index in [1.165, 1.54) is 45.1 Å². The van der Waals surface area contributed by atoms with Crippen LogP contribution in [-0.2, 0) is 4.74 Å². The van der Waals surface area contributed by atoms with Gasteiger partial charge in [-0.1, -0.05) is 33.6 Å². The molecule has 0 N–H and O–H groups in total. The van der Waals surface area contributed by atoms with Crippen molar-refractivity contribution in [1.29, 1.82) is 0 Å². The van der Waals surface area contributed by atoms with Gasteiger partial charge in [0.15, 0.2) is 0 Å². The molecule has 1 atom stereocenters. The monoisotopic (exact) mass is 287 g/mol. The Balaban J connectivity index is 2.56. The SMILES string of the molecule is CCCC(CS)(CCC)CN(CC)CC1CCCO1. The van der Waals surface area contributed by atoms with Gasteiger partial charge in [-0.2, -0.15) is 12.6 Å². The van der Waals surface area contributed by atoms with Gasteiger partial charge in [0.1, 0.15) is 0 Å². The molecular weight excluding hydrogens is 254 g/mol. The minimum Gasteiger partial charge on any atom is -0.377 e. The van der Waals surface area contributed by atoms with E-state index in [0.29, 0.717) is 11.5 Å². The Morgan fingerprint density at radius 3 is 2.32 bits per heavy atom. The van der Waals surface area contributed by atoms with Crippen molar-refractivity contribution in [3.8, 4) is 0 Å². The summed E-state index contributed by atoms with van der Waals surface area (Å²) < 4.78 is 5.79. The molecule has 0 radical (unpaired) electrons. The fraction of sp³-hybridized carbons (Fsp3) is 1.00. The Bertz CT molecular complexity index is 223. The van der Waals surface area contributed by atoms with Gasteiger partial charge in [0.05, 0.1) is 6.10 Å². The van der Waals surface area contributed by atoms with Gasteiger partial charge >= 0.3 is 0 Å². The van der Waals surface area contributed by atoms with Gasteiger partial charge in [0.25, 0.3) is 0 Å². The highest BCUT2D eigenvalue weighted by molar-refractivity contribution is 7.80. The summed E-state index contributed by atoms with van der Waals surface area (Å²) >= 11 is 4.67. The average Bonchev–Trinajstić information content (AvgIpc) is 2.91. The number of ether oxygens (including phenoxy) is 1. The number of likely N-dealkylation sites (N-methyl/N-ethyl adjacent to an activating group) is 1. The normalized spacial score (nSPS) is 20.4. The van der Waals surface area contributed by atoms with E-state index in [9.17, 15) is 0 Å². The second kappa shape index (κ2) is 9.25. The maximum absolute atomic E-state index is 5.79. The molecule has 19 heavy (non-hydrogen) atoms. The van der Waals surface area contributed by atoms with Crippen LogP contribution in [0.5, 0.6) is 0 Å². The molecule has 0 aromatic heterocycles. The van der Waals surface area contributed by atoms with Gasteiger partial charge in [-0.3, -0.25) is 0 Å². The summed E-state index contributed by atoms with van der Waals surface area (Å²) in [6.07, 6.45) is 8.07. The van der Waals surface area contributed by atoms with Gasteiger partial charge in [0, 0.05) is 19.7 Å². The van der Waals surface area contributed by atoms with E-state index >= 15 is 0 Å². The summed E-state index contributed by atoms with van der Waals surface area (Å²) in [5.74, 6) is 1.01. The second-order valence-electron chi connectivity index (χ2n) is 6.12. The second-order valence-corrected chi connectivity index (χ2v) is 6.44. The van der Waals surface area contributed by atoms with Crippen molar-refractivity contribution in [2.24, 2.45) is 5.41 Å². The molecule has 0 saturated carbocycles. The first-order chi connectivity index (χ1) is 9.19. The van der Waals surface area contributed by atoms with E-state index in [2.05, 4.69) is 38.3 Å². The molecule has 0 aromatic rings. The smallest absolute Gasteiger partial charge is 0.0702 e. The average molecular weight is 288 g/mol. The van der Waals surface area contributed by atoms with Gasteiger partial charge in [-0.25, -0.2) is 0 Å². The van der Waals surface area contributed by atoms with Gasteiger partial charge < -0.3 is 9.64 Å². The molecule has 0 aliphatic carbocycles. The molecule has 0 amide bonds. The summed E-state index contributed by atoms with van der Waals surface area (Å²) in [5.41, 5.74) is 0.404. The van der Waals surface area contributed by atoms with Crippen LogP contribution in [-0.4, -0.2) is 43.0 Å². The first kappa shape index (κ1) is 17.3. The van der Waals surface area contributed by atoms with Crippen molar-refractivity contribution in [2.45, 2.75) is 65.4 Å². The Hall–Kier alpha value is 0.270. The molecule has 0 aromatic carbocycles. The Morgan fingerprint density at radius 2 is 1.89 bits per heavy atom. The van der Waals surface area contributed by atoms with Crippen molar-refractivity contribution < 1.29 is 4.74 Å². The molecule has 1 saturated heterocycles. The predicted molar refractivity (Wildman–Crippen MR) is 87.2 cm³/mol. The molecule has 0 spiro atoms. The van der Waals surface area contributed by atoms with Crippen LogP contribution in [0.4, 0.5) is 0 Å². The van der Waals surface area contributed by atoms with E-state index in [1.807, 2.05) is 0 Å². The van der Waals surface area contributed by atoms with Gasteiger partial charge in [-0.05, 0) is 43.4 Å². The van der Waals surface area contributed by atoms with Gasteiger partial charge in [-0.15, -0.1) is 0 Å². The third kappa shape index (κ3) is 5.65. The number of rotatable bonds is 10. The molecule has 2 nitrogen and oxygen atoms in total. The predicted octanol–water partition coefficient (Wildman–Crippen LogP) is 4.00. The Morgan fingerprint density at radius 1 is 1.21 bits per heavy atom. The van der Waals surface area contributed by atoms with Crippen LogP contribution in [0.3, 0.4) is 0 Å². The summed E-state index contributed by atoms with van der Waals surface area (Å²) in [5, 5.41) is 0. The van der Waals surface area contributed by atoms with Crippen molar-refractivity contribution in [3.05, 3.63) is 0 Å². The summed E-state index contributed by atoms with van der Waals surface area (Å²) in [6.45, 7) is 11.3. The molecule has 1 aliphatic rings. The van der Waals surface area contributed by atoms with Crippen LogP contribution in [0.1, 0.15) is 59.3 Å². The zero-order valence-electron chi connectivity index (χ0n) is 13.2. The maximum Gasteiger partial charge on any atom is 0.0702 e. The maximum atomic E-state index is 5.79. The molecule has 1 fully saturated rings. The number of hydrogen-bond acceptors (Lipinski definition) is 3. The van der Waals surface area contributed by atoms with E-state index in [4.69, 9.17) is 4.74 Å². The van der Waals surface area contributed by atoms with Crippen molar-refractivity contribution in [1.82, 2.24) is 4.90 Å². The quantitative estimate of drug-likeness (QED) is 0.610. The zero-order valence-corrected chi connectivity index (χ0v) is 14.1. The van der Waals surface area contributed by atoms with E-state index in [0.717, 1.165) is 25.4 Å². The van der Waals surface area contributed by atoms with Crippen LogP contribution < -0.4 is 0 Å². The first-order valence-corrected chi connectivity index (χ1v) is 8.77. The minimum atomic E-state index is 0.404. The topological polar surface area (TPSA) is 12.5 Å². The van der Waals surface area contributed by atoms with Crippen molar-refractivity contribution in [3.63, 3.8) is 0 Å². The fourth-order valence-electron chi connectivity index (χ4n) is 3.41. The molecular formula is C16H33NOS. The third-order valence-electron chi connectivity index (χ3n) is 4.39. The molecule has 1 aliphatic heterocycles. The molecule has 1 heterocycles. The van der Waals surface area contributed by atoms with E-state index in [-0.39, 0.29) is 0 Å². The lowest BCUT2D eigenvalue weighted by Crippen LogP contribution is -2.42. The van der Waals surface area contributed by atoms with Crippen LogP contribution in [0, 0.1) is 5.41 Å². The molecule has 0 bridgehead atoms. The fourth-order valence-corrected chi connectivity index (χ4v) is 3.82. The number of thiol groups is 1. The van der Waals surface area contributed by atoms with Crippen molar-refractivity contribution in [2.75, 3.05) is 32.0 Å². The van der Waals surface area contributed by atoms with Crippen LogP contribution in [0.15, 0.2) is 0 Å². The highest BCUT2D eigenvalue weighted by atomic mass is 32.1. The van der Waals surface area contributed by atoms with Gasteiger partial charge in [0.2, 0.25) is 0 Å². The first-order valence-electron chi connectivity index (χ1n) is 8.14. The largest absolute Gasteiger partial charge is 0.377 e. The van der Waals surface area contributed by atoms with E-state index in [1.54, 1.807) is 0 Å². The zero-order chi connectivity index (χ0) is 14.1. The van der Waals surface area contributed by atoms with Crippen LogP contribution >= 0.6 is 12.6 Å².